The first kappa shape index (κ1) is 13.6. The summed E-state index contributed by atoms with van der Waals surface area (Å²) in [7, 11) is 2.27. The molecule has 0 aromatic heterocycles. The molecule has 100 valence electrons. The number of likely N-dealkylation sites (tertiary alicyclic amines) is 1. The summed E-state index contributed by atoms with van der Waals surface area (Å²) in [5, 5.41) is 0. The third kappa shape index (κ3) is 2.47. The van der Waals surface area contributed by atoms with Gasteiger partial charge in [-0.2, -0.15) is 0 Å². The van der Waals surface area contributed by atoms with Gasteiger partial charge >= 0.3 is 0 Å². The smallest absolute Gasteiger partial charge is 0.0429 e. The van der Waals surface area contributed by atoms with Crippen molar-refractivity contribution in [3.05, 3.63) is 35.4 Å². The van der Waals surface area contributed by atoms with Crippen molar-refractivity contribution in [2.75, 3.05) is 13.6 Å². The van der Waals surface area contributed by atoms with Crippen LogP contribution in [0.1, 0.15) is 58.1 Å². The van der Waals surface area contributed by atoms with Gasteiger partial charge in [-0.25, -0.2) is 0 Å². The molecule has 0 radical (unpaired) electrons. The largest absolute Gasteiger partial charge is 0.297 e. The van der Waals surface area contributed by atoms with Crippen molar-refractivity contribution in [1.82, 2.24) is 4.90 Å². The molecule has 1 nitrogen and oxygen atoms in total. The van der Waals surface area contributed by atoms with Crippen LogP contribution in [-0.4, -0.2) is 18.5 Å². The second kappa shape index (κ2) is 4.70. The Bertz CT molecular complexity index is 416. The van der Waals surface area contributed by atoms with E-state index < -0.39 is 0 Å². The Hall–Kier alpha value is -0.820. The van der Waals surface area contributed by atoms with Gasteiger partial charge in [-0.1, -0.05) is 51.5 Å². The molecule has 1 unspecified atom stereocenters. The normalized spacial score (nSPS) is 26.3. The number of hydrogen-bond donors (Lipinski definition) is 0. The van der Waals surface area contributed by atoms with Gasteiger partial charge in [0.05, 0.1) is 0 Å². The highest BCUT2D eigenvalue weighted by atomic mass is 15.2. The van der Waals surface area contributed by atoms with E-state index >= 15 is 0 Å². The van der Waals surface area contributed by atoms with Crippen LogP contribution in [0.2, 0.25) is 0 Å². The first-order valence-electron chi connectivity index (χ1n) is 7.16. The summed E-state index contributed by atoms with van der Waals surface area (Å²) in [6, 6.07) is 9.21. The average molecular weight is 245 g/mol. The van der Waals surface area contributed by atoms with E-state index in [4.69, 9.17) is 0 Å². The molecule has 1 aliphatic rings. The maximum atomic E-state index is 2.53. The fourth-order valence-corrected chi connectivity index (χ4v) is 2.94. The minimum Gasteiger partial charge on any atom is -0.297 e. The summed E-state index contributed by atoms with van der Waals surface area (Å²) >= 11 is 0. The molecular formula is C17H27N. The SMILES string of the molecule is CN1CCCCC1(C)c1cccc(C(C)(C)C)c1. The van der Waals surface area contributed by atoms with Crippen molar-refractivity contribution in [3.8, 4) is 0 Å². The Morgan fingerprint density at radius 3 is 2.50 bits per heavy atom. The molecule has 1 heteroatoms. The Kier molecular flexibility index (Phi) is 3.55. The quantitative estimate of drug-likeness (QED) is 0.712. The molecule has 1 atom stereocenters. The molecule has 0 aliphatic carbocycles. The minimum absolute atomic E-state index is 0.222. The maximum Gasteiger partial charge on any atom is 0.0429 e. The summed E-state index contributed by atoms with van der Waals surface area (Å²) in [6.07, 6.45) is 3.96. The Balaban J connectivity index is 2.38. The molecular weight excluding hydrogens is 218 g/mol. The van der Waals surface area contributed by atoms with Crippen LogP contribution in [-0.2, 0) is 11.0 Å². The van der Waals surface area contributed by atoms with Gasteiger partial charge < -0.3 is 0 Å². The summed E-state index contributed by atoms with van der Waals surface area (Å²) in [4.78, 5) is 2.53. The molecule has 1 aliphatic heterocycles. The van der Waals surface area contributed by atoms with E-state index in [9.17, 15) is 0 Å². The molecule has 18 heavy (non-hydrogen) atoms. The molecule has 0 amide bonds. The van der Waals surface area contributed by atoms with E-state index in [-0.39, 0.29) is 11.0 Å². The molecule has 0 spiro atoms. The van der Waals surface area contributed by atoms with Crippen molar-refractivity contribution < 1.29 is 0 Å². The molecule has 1 aromatic rings. The van der Waals surface area contributed by atoms with Gasteiger partial charge in [-0.15, -0.1) is 0 Å². The zero-order valence-corrected chi connectivity index (χ0v) is 12.6. The summed E-state index contributed by atoms with van der Waals surface area (Å²) in [6.45, 7) is 10.5. The molecule has 1 aromatic carbocycles. The minimum atomic E-state index is 0.222. The fraction of sp³-hybridized carbons (Fsp3) is 0.647. The van der Waals surface area contributed by atoms with Crippen LogP contribution >= 0.6 is 0 Å². The van der Waals surface area contributed by atoms with Crippen LogP contribution in [0.25, 0.3) is 0 Å². The summed E-state index contributed by atoms with van der Waals surface area (Å²) in [5.74, 6) is 0. The van der Waals surface area contributed by atoms with Gasteiger partial charge in [0.15, 0.2) is 0 Å². The zero-order valence-electron chi connectivity index (χ0n) is 12.6. The average Bonchev–Trinajstić information content (AvgIpc) is 2.32. The number of hydrogen-bond acceptors (Lipinski definition) is 1. The molecule has 0 bridgehead atoms. The van der Waals surface area contributed by atoms with Crippen molar-refractivity contribution in [1.29, 1.82) is 0 Å². The first-order valence-corrected chi connectivity index (χ1v) is 7.16. The third-order valence-electron chi connectivity index (χ3n) is 4.60. The van der Waals surface area contributed by atoms with E-state index in [1.807, 2.05) is 0 Å². The van der Waals surface area contributed by atoms with Gasteiger partial charge in [0.1, 0.15) is 0 Å². The van der Waals surface area contributed by atoms with Crippen LogP contribution in [0, 0.1) is 0 Å². The predicted octanol–water partition coefficient (Wildman–Crippen LogP) is 4.32. The summed E-state index contributed by atoms with van der Waals surface area (Å²) < 4.78 is 0. The number of nitrogens with zero attached hydrogens (tertiary/aromatic N) is 1. The van der Waals surface area contributed by atoms with Gasteiger partial charge in [-0.05, 0) is 49.9 Å². The van der Waals surface area contributed by atoms with E-state index in [1.54, 1.807) is 0 Å². The van der Waals surface area contributed by atoms with Crippen LogP contribution in [0.15, 0.2) is 24.3 Å². The van der Waals surface area contributed by atoms with Gasteiger partial charge in [0.25, 0.3) is 0 Å². The Morgan fingerprint density at radius 2 is 1.89 bits per heavy atom. The van der Waals surface area contributed by atoms with E-state index in [2.05, 4.69) is 63.9 Å². The molecule has 1 fully saturated rings. The van der Waals surface area contributed by atoms with Crippen LogP contribution in [0.3, 0.4) is 0 Å². The lowest BCUT2D eigenvalue weighted by molar-refractivity contribution is 0.0884. The predicted molar refractivity (Wildman–Crippen MR) is 79.0 cm³/mol. The Morgan fingerprint density at radius 1 is 1.17 bits per heavy atom. The maximum absolute atomic E-state index is 2.53. The lowest BCUT2D eigenvalue weighted by Crippen LogP contribution is -2.44. The zero-order chi connectivity index (χ0) is 13.4. The van der Waals surface area contributed by atoms with Crippen LogP contribution < -0.4 is 0 Å². The standard InChI is InChI=1S/C17H27N/c1-16(2,3)14-9-8-10-15(13-14)17(4)11-6-7-12-18(17)5/h8-10,13H,6-7,11-12H2,1-5H3. The lowest BCUT2D eigenvalue weighted by atomic mass is 9.79. The first-order chi connectivity index (χ1) is 8.34. The highest BCUT2D eigenvalue weighted by Crippen LogP contribution is 2.37. The molecule has 0 saturated carbocycles. The van der Waals surface area contributed by atoms with Gasteiger partial charge in [0.2, 0.25) is 0 Å². The third-order valence-corrected chi connectivity index (χ3v) is 4.60. The second-order valence-electron chi connectivity index (χ2n) is 6.98. The van der Waals surface area contributed by atoms with E-state index in [1.165, 1.54) is 36.9 Å². The molecule has 2 rings (SSSR count). The number of benzene rings is 1. The van der Waals surface area contributed by atoms with Gasteiger partial charge in [0, 0.05) is 5.54 Å². The van der Waals surface area contributed by atoms with E-state index in [0.717, 1.165) is 0 Å². The van der Waals surface area contributed by atoms with Gasteiger partial charge in [-0.3, -0.25) is 4.90 Å². The van der Waals surface area contributed by atoms with E-state index in [0.29, 0.717) is 0 Å². The number of piperidine rings is 1. The monoisotopic (exact) mass is 245 g/mol. The Labute approximate surface area is 112 Å². The van der Waals surface area contributed by atoms with Crippen LogP contribution in [0.4, 0.5) is 0 Å². The van der Waals surface area contributed by atoms with Crippen LogP contribution in [0.5, 0.6) is 0 Å². The molecule has 0 N–H and O–H groups in total. The highest BCUT2D eigenvalue weighted by Gasteiger charge is 2.33. The van der Waals surface area contributed by atoms with Crippen molar-refractivity contribution in [2.45, 2.75) is 57.9 Å². The summed E-state index contributed by atoms with van der Waals surface area (Å²) in [5.41, 5.74) is 3.39. The number of rotatable bonds is 1. The van der Waals surface area contributed by atoms with Crippen molar-refractivity contribution in [3.63, 3.8) is 0 Å². The van der Waals surface area contributed by atoms with Crippen molar-refractivity contribution >= 4 is 0 Å². The topological polar surface area (TPSA) is 3.24 Å². The molecule has 1 heterocycles. The highest BCUT2D eigenvalue weighted by molar-refractivity contribution is 5.33. The lowest BCUT2D eigenvalue weighted by Gasteiger charge is -2.43. The second-order valence-corrected chi connectivity index (χ2v) is 6.98. The fourth-order valence-electron chi connectivity index (χ4n) is 2.94. The van der Waals surface area contributed by atoms with Crippen molar-refractivity contribution in [2.24, 2.45) is 0 Å². The molecule has 1 saturated heterocycles.